The average Bonchev–Trinajstić information content (AvgIpc) is 2.63. The Labute approximate surface area is 148 Å². The van der Waals surface area contributed by atoms with E-state index in [0.717, 1.165) is 13.2 Å². The van der Waals surface area contributed by atoms with E-state index in [0.29, 0.717) is 0 Å². The summed E-state index contributed by atoms with van der Waals surface area (Å²) in [5.74, 6) is 0. The number of hydrogen-bond donors (Lipinski definition) is 0. The Hall–Kier alpha value is -1.34. The first-order chi connectivity index (χ1) is 11.9. The lowest BCUT2D eigenvalue weighted by Gasteiger charge is -2.08. The van der Waals surface area contributed by atoms with Crippen LogP contribution in [0.5, 0.6) is 0 Å². The SMILES string of the molecule is CCCCCCCCCCCCOCc1cccc2ccccc12. The Morgan fingerprint density at radius 2 is 1.29 bits per heavy atom. The predicted octanol–water partition coefficient (Wildman–Crippen LogP) is 7.28. The number of unbranched alkanes of at least 4 members (excludes halogenated alkanes) is 9. The zero-order valence-electron chi connectivity index (χ0n) is 15.4. The van der Waals surface area contributed by atoms with Crippen molar-refractivity contribution >= 4 is 10.8 Å². The number of ether oxygens (including phenoxy) is 1. The van der Waals surface area contributed by atoms with Crippen LogP contribution in [0, 0.1) is 0 Å². The highest BCUT2D eigenvalue weighted by Crippen LogP contribution is 2.19. The third kappa shape index (κ3) is 7.05. The molecule has 0 saturated heterocycles. The molecule has 2 rings (SSSR count). The molecule has 2 aromatic rings. The van der Waals surface area contributed by atoms with Gasteiger partial charge >= 0.3 is 0 Å². The molecule has 1 heteroatoms. The minimum atomic E-state index is 0.735. The predicted molar refractivity (Wildman–Crippen MR) is 105 cm³/mol. The smallest absolute Gasteiger partial charge is 0.0722 e. The molecule has 0 spiro atoms. The molecule has 0 heterocycles. The molecule has 0 fully saturated rings. The molecule has 0 bridgehead atoms. The summed E-state index contributed by atoms with van der Waals surface area (Å²) < 4.78 is 5.90. The molecule has 0 unspecified atom stereocenters. The van der Waals surface area contributed by atoms with Gasteiger partial charge in [0, 0.05) is 6.61 Å². The lowest BCUT2D eigenvalue weighted by atomic mass is 10.1. The number of fused-ring (bicyclic) bond motifs is 1. The Bertz CT molecular complexity index is 555. The van der Waals surface area contributed by atoms with Gasteiger partial charge in [-0.05, 0) is 22.8 Å². The summed E-state index contributed by atoms with van der Waals surface area (Å²) in [5.41, 5.74) is 1.31. The van der Waals surface area contributed by atoms with Gasteiger partial charge < -0.3 is 4.74 Å². The lowest BCUT2D eigenvalue weighted by Crippen LogP contribution is -1.96. The summed E-state index contributed by atoms with van der Waals surface area (Å²) in [7, 11) is 0. The average molecular weight is 327 g/mol. The van der Waals surface area contributed by atoms with E-state index in [2.05, 4.69) is 49.4 Å². The van der Waals surface area contributed by atoms with Crippen molar-refractivity contribution in [3.63, 3.8) is 0 Å². The van der Waals surface area contributed by atoms with Crippen LogP contribution in [0.1, 0.15) is 76.7 Å². The topological polar surface area (TPSA) is 9.23 Å². The van der Waals surface area contributed by atoms with Gasteiger partial charge in [-0.3, -0.25) is 0 Å². The van der Waals surface area contributed by atoms with Crippen molar-refractivity contribution in [1.29, 1.82) is 0 Å². The quantitative estimate of drug-likeness (QED) is 0.351. The van der Waals surface area contributed by atoms with Crippen LogP contribution >= 0.6 is 0 Å². The van der Waals surface area contributed by atoms with Crippen molar-refractivity contribution in [2.45, 2.75) is 77.7 Å². The second-order valence-corrected chi connectivity index (χ2v) is 6.87. The normalized spacial score (nSPS) is 11.2. The highest BCUT2D eigenvalue weighted by Gasteiger charge is 2.00. The second-order valence-electron chi connectivity index (χ2n) is 6.87. The van der Waals surface area contributed by atoms with Crippen LogP contribution in [0.3, 0.4) is 0 Å². The van der Waals surface area contributed by atoms with E-state index in [4.69, 9.17) is 4.74 Å². The number of benzene rings is 2. The van der Waals surface area contributed by atoms with Gasteiger partial charge in [-0.15, -0.1) is 0 Å². The van der Waals surface area contributed by atoms with E-state index in [1.165, 1.54) is 80.5 Å². The summed E-state index contributed by atoms with van der Waals surface area (Å²) in [5, 5.41) is 2.63. The minimum absolute atomic E-state index is 0.735. The first-order valence-electron chi connectivity index (χ1n) is 9.96. The molecular formula is C23H34O. The first-order valence-corrected chi connectivity index (χ1v) is 9.96. The van der Waals surface area contributed by atoms with Gasteiger partial charge in [0.1, 0.15) is 0 Å². The van der Waals surface area contributed by atoms with Gasteiger partial charge in [-0.2, -0.15) is 0 Å². The molecule has 0 aliphatic heterocycles. The third-order valence-electron chi connectivity index (χ3n) is 4.78. The molecule has 2 aromatic carbocycles. The molecule has 0 aromatic heterocycles. The van der Waals surface area contributed by atoms with Crippen LogP contribution in [0.2, 0.25) is 0 Å². The van der Waals surface area contributed by atoms with E-state index in [9.17, 15) is 0 Å². The maximum absolute atomic E-state index is 5.90. The van der Waals surface area contributed by atoms with E-state index in [1.807, 2.05) is 0 Å². The van der Waals surface area contributed by atoms with Gasteiger partial charge in [0.15, 0.2) is 0 Å². The molecule has 0 saturated carbocycles. The Morgan fingerprint density at radius 3 is 2.04 bits per heavy atom. The summed E-state index contributed by atoms with van der Waals surface area (Å²) in [4.78, 5) is 0. The minimum Gasteiger partial charge on any atom is -0.377 e. The summed E-state index contributed by atoms with van der Waals surface area (Å²) in [6.45, 7) is 3.90. The zero-order valence-corrected chi connectivity index (χ0v) is 15.4. The van der Waals surface area contributed by atoms with E-state index >= 15 is 0 Å². The van der Waals surface area contributed by atoms with Gasteiger partial charge in [-0.1, -0.05) is 107 Å². The van der Waals surface area contributed by atoms with Crippen molar-refractivity contribution in [2.75, 3.05) is 6.61 Å². The fraction of sp³-hybridized carbons (Fsp3) is 0.565. The fourth-order valence-electron chi connectivity index (χ4n) is 3.29. The van der Waals surface area contributed by atoms with Crippen molar-refractivity contribution in [3.8, 4) is 0 Å². The molecule has 0 atom stereocenters. The van der Waals surface area contributed by atoms with Crippen LogP contribution in [0.15, 0.2) is 42.5 Å². The molecule has 132 valence electrons. The third-order valence-corrected chi connectivity index (χ3v) is 4.78. The van der Waals surface area contributed by atoms with Crippen molar-refractivity contribution in [2.24, 2.45) is 0 Å². The van der Waals surface area contributed by atoms with Crippen LogP contribution in [0.4, 0.5) is 0 Å². The summed E-state index contributed by atoms with van der Waals surface area (Å²) >= 11 is 0. The summed E-state index contributed by atoms with van der Waals surface area (Å²) in [6.07, 6.45) is 13.7. The van der Waals surface area contributed by atoms with Gasteiger partial charge in [0.05, 0.1) is 6.61 Å². The molecule has 0 radical (unpaired) electrons. The van der Waals surface area contributed by atoms with Gasteiger partial charge in [-0.25, -0.2) is 0 Å². The highest BCUT2D eigenvalue weighted by atomic mass is 16.5. The Balaban J connectivity index is 1.49. The van der Waals surface area contributed by atoms with E-state index in [-0.39, 0.29) is 0 Å². The monoisotopic (exact) mass is 326 g/mol. The van der Waals surface area contributed by atoms with Crippen molar-refractivity contribution in [3.05, 3.63) is 48.0 Å². The number of rotatable bonds is 13. The Kier molecular flexibility index (Phi) is 9.56. The van der Waals surface area contributed by atoms with Gasteiger partial charge in [0.25, 0.3) is 0 Å². The molecule has 0 aliphatic rings. The fourth-order valence-corrected chi connectivity index (χ4v) is 3.29. The van der Waals surface area contributed by atoms with Crippen LogP contribution < -0.4 is 0 Å². The van der Waals surface area contributed by atoms with Crippen molar-refractivity contribution < 1.29 is 4.74 Å². The van der Waals surface area contributed by atoms with Crippen LogP contribution in [-0.2, 0) is 11.3 Å². The highest BCUT2D eigenvalue weighted by molar-refractivity contribution is 5.85. The van der Waals surface area contributed by atoms with Gasteiger partial charge in [0.2, 0.25) is 0 Å². The van der Waals surface area contributed by atoms with Crippen LogP contribution in [0.25, 0.3) is 10.8 Å². The maximum Gasteiger partial charge on any atom is 0.0722 e. The van der Waals surface area contributed by atoms with E-state index < -0.39 is 0 Å². The molecule has 0 N–H and O–H groups in total. The number of hydrogen-bond acceptors (Lipinski definition) is 1. The van der Waals surface area contributed by atoms with Crippen molar-refractivity contribution in [1.82, 2.24) is 0 Å². The largest absolute Gasteiger partial charge is 0.377 e. The standard InChI is InChI=1S/C23H34O/c1-2-3-4-5-6-7-8-9-10-13-19-24-20-22-17-14-16-21-15-11-12-18-23(21)22/h11-12,14-18H,2-10,13,19-20H2,1H3. The molecule has 1 nitrogen and oxygen atoms in total. The second kappa shape index (κ2) is 12.1. The molecule has 24 heavy (non-hydrogen) atoms. The zero-order chi connectivity index (χ0) is 16.9. The van der Waals surface area contributed by atoms with E-state index in [1.54, 1.807) is 0 Å². The Morgan fingerprint density at radius 1 is 0.667 bits per heavy atom. The first kappa shape index (κ1) is 19.0. The van der Waals surface area contributed by atoms with Crippen LogP contribution in [-0.4, -0.2) is 6.61 Å². The maximum atomic E-state index is 5.90. The lowest BCUT2D eigenvalue weighted by molar-refractivity contribution is 0.117. The molecule has 0 amide bonds. The molecular weight excluding hydrogens is 292 g/mol. The molecule has 0 aliphatic carbocycles. The summed E-state index contributed by atoms with van der Waals surface area (Å²) in [6, 6.07) is 15.0.